The lowest BCUT2D eigenvalue weighted by atomic mass is 10.2. The number of anilines is 1. The highest BCUT2D eigenvalue weighted by molar-refractivity contribution is 9.11. The van der Waals surface area contributed by atoms with Crippen LogP contribution in [-0.4, -0.2) is 11.3 Å². The van der Waals surface area contributed by atoms with Gasteiger partial charge in [0.25, 0.3) is 0 Å². The maximum atomic E-state index is 9.86. The molecule has 2 aromatic rings. The zero-order chi connectivity index (χ0) is 13.8. The van der Waals surface area contributed by atoms with Crippen molar-refractivity contribution >= 4 is 55.4 Å². The van der Waals surface area contributed by atoms with Crippen LogP contribution in [0.5, 0.6) is 5.75 Å². The van der Waals surface area contributed by atoms with E-state index in [0.717, 1.165) is 10.2 Å². The second-order valence-electron chi connectivity index (χ2n) is 3.71. The summed E-state index contributed by atoms with van der Waals surface area (Å²) in [6.07, 6.45) is 1.53. The molecule has 0 aromatic heterocycles. The summed E-state index contributed by atoms with van der Waals surface area (Å²) < 4.78 is 1.45. The number of nitrogens with zero attached hydrogens (tertiary/aromatic N) is 1. The second kappa shape index (κ2) is 6.41. The first-order valence-electron chi connectivity index (χ1n) is 5.29. The van der Waals surface area contributed by atoms with E-state index in [4.69, 9.17) is 11.6 Å². The number of phenolic OH excluding ortho intramolecular Hbond substituents is 1. The fourth-order valence-electron chi connectivity index (χ4n) is 1.42. The number of hydrogen-bond acceptors (Lipinski definition) is 3. The van der Waals surface area contributed by atoms with Gasteiger partial charge in [0, 0.05) is 15.1 Å². The Morgan fingerprint density at radius 3 is 2.74 bits per heavy atom. The van der Waals surface area contributed by atoms with Gasteiger partial charge in [0.1, 0.15) is 5.75 Å². The van der Waals surface area contributed by atoms with E-state index >= 15 is 0 Å². The van der Waals surface area contributed by atoms with Crippen molar-refractivity contribution < 1.29 is 5.11 Å². The molecule has 2 N–H and O–H groups in total. The highest BCUT2D eigenvalue weighted by atomic mass is 79.9. The summed E-state index contributed by atoms with van der Waals surface area (Å²) in [7, 11) is 0. The summed E-state index contributed by atoms with van der Waals surface area (Å²) in [6.45, 7) is 0. The van der Waals surface area contributed by atoms with E-state index in [1.165, 1.54) is 6.21 Å². The quantitative estimate of drug-likeness (QED) is 0.558. The first kappa shape index (κ1) is 14.4. The molecule has 0 radical (unpaired) electrons. The van der Waals surface area contributed by atoms with Gasteiger partial charge in [-0.2, -0.15) is 5.10 Å². The molecule has 0 saturated heterocycles. The molecule has 0 aliphatic heterocycles. The van der Waals surface area contributed by atoms with Gasteiger partial charge in [-0.25, -0.2) is 0 Å². The zero-order valence-electron chi connectivity index (χ0n) is 9.57. The van der Waals surface area contributed by atoms with Crippen LogP contribution in [0.15, 0.2) is 50.4 Å². The summed E-state index contributed by atoms with van der Waals surface area (Å²) >= 11 is 12.5. The topological polar surface area (TPSA) is 44.6 Å². The van der Waals surface area contributed by atoms with Crippen LogP contribution >= 0.6 is 43.5 Å². The maximum Gasteiger partial charge on any atom is 0.138 e. The molecule has 6 heteroatoms. The Labute approximate surface area is 132 Å². The molecule has 98 valence electrons. The predicted molar refractivity (Wildman–Crippen MR) is 86.2 cm³/mol. The summed E-state index contributed by atoms with van der Waals surface area (Å²) in [4.78, 5) is 0. The highest BCUT2D eigenvalue weighted by Gasteiger charge is 2.05. The van der Waals surface area contributed by atoms with Crippen molar-refractivity contribution in [2.45, 2.75) is 0 Å². The monoisotopic (exact) mass is 402 g/mol. The third-order valence-corrected chi connectivity index (χ3v) is 3.58. The average Bonchev–Trinajstić information content (AvgIpc) is 2.35. The second-order valence-corrected chi connectivity index (χ2v) is 5.91. The molecule has 0 bridgehead atoms. The SMILES string of the molecule is Oc1c(Br)cc(Br)cc1C=NNc1cccc(Cl)c1. The van der Waals surface area contributed by atoms with Crippen molar-refractivity contribution in [3.05, 3.63) is 55.9 Å². The molecule has 0 aliphatic carbocycles. The number of benzene rings is 2. The van der Waals surface area contributed by atoms with Crippen molar-refractivity contribution in [1.82, 2.24) is 0 Å². The van der Waals surface area contributed by atoms with Crippen LogP contribution in [0.2, 0.25) is 5.02 Å². The molecule has 0 amide bonds. The minimum absolute atomic E-state index is 0.139. The lowest BCUT2D eigenvalue weighted by Crippen LogP contribution is -1.91. The molecule has 2 aromatic carbocycles. The number of hydrogen-bond donors (Lipinski definition) is 2. The van der Waals surface area contributed by atoms with Crippen molar-refractivity contribution in [2.24, 2.45) is 5.10 Å². The molecule has 0 unspecified atom stereocenters. The first-order chi connectivity index (χ1) is 9.06. The lowest BCUT2D eigenvalue weighted by Gasteiger charge is -2.03. The van der Waals surface area contributed by atoms with Crippen LogP contribution in [0.4, 0.5) is 5.69 Å². The van der Waals surface area contributed by atoms with Gasteiger partial charge < -0.3 is 5.11 Å². The van der Waals surface area contributed by atoms with E-state index < -0.39 is 0 Å². The third-order valence-electron chi connectivity index (χ3n) is 2.28. The van der Waals surface area contributed by atoms with Gasteiger partial charge in [-0.15, -0.1) is 0 Å². The van der Waals surface area contributed by atoms with E-state index in [0.29, 0.717) is 15.1 Å². The standard InChI is InChI=1S/C13H9Br2ClN2O/c14-9-4-8(13(19)12(15)5-9)7-17-18-11-3-1-2-10(16)6-11/h1-7,18-19H. The summed E-state index contributed by atoms with van der Waals surface area (Å²) in [5.74, 6) is 0.139. The van der Waals surface area contributed by atoms with Crippen molar-refractivity contribution in [3.8, 4) is 5.75 Å². The molecule has 0 saturated carbocycles. The Morgan fingerprint density at radius 1 is 1.21 bits per heavy atom. The summed E-state index contributed by atoms with van der Waals surface area (Å²) in [5.41, 5.74) is 4.21. The van der Waals surface area contributed by atoms with E-state index in [1.54, 1.807) is 24.3 Å². The molecule has 0 heterocycles. The minimum Gasteiger partial charge on any atom is -0.506 e. The molecular weight excluding hydrogens is 395 g/mol. The molecule has 0 spiro atoms. The van der Waals surface area contributed by atoms with Crippen molar-refractivity contribution in [3.63, 3.8) is 0 Å². The minimum atomic E-state index is 0.139. The van der Waals surface area contributed by atoms with Gasteiger partial charge in [-0.1, -0.05) is 33.6 Å². The normalized spacial score (nSPS) is 10.9. The van der Waals surface area contributed by atoms with E-state index in [9.17, 15) is 5.11 Å². The van der Waals surface area contributed by atoms with Gasteiger partial charge in [-0.3, -0.25) is 5.43 Å². The number of halogens is 3. The summed E-state index contributed by atoms with van der Waals surface area (Å²) in [6, 6.07) is 10.7. The zero-order valence-corrected chi connectivity index (χ0v) is 13.5. The van der Waals surface area contributed by atoms with Crippen LogP contribution in [0.25, 0.3) is 0 Å². The molecule has 0 atom stereocenters. The fraction of sp³-hybridized carbons (Fsp3) is 0. The molecular formula is C13H9Br2ClN2O. The number of phenols is 1. The van der Waals surface area contributed by atoms with Crippen LogP contribution in [-0.2, 0) is 0 Å². The van der Waals surface area contributed by atoms with Crippen LogP contribution < -0.4 is 5.43 Å². The number of hydrazone groups is 1. The Morgan fingerprint density at radius 2 is 2.00 bits per heavy atom. The van der Waals surface area contributed by atoms with Gasteiger partial charge in [-0.05, 0) is 46.3 Å². The number of nitrogens with one attached hydrogen (secondary N) is 1. The van der Waals surface area contributed by atoms with E-state index in [2.05, 4.69) is 42.4 Å². The average molecular weight is 404 g/mol. The highest BCUT2D eigenvalue weighted by Crippen LogP contribution is 2.30. The Kier molecular flexibility index (Phi) is 4.85. The van der Waals surface area contributed by atoms with Gasteiger partial charge >= 0.3 is 0 Å². The van der Waals surface area contributed by atoms with Gasteiger partial charge in [0.05, 0.1) is 16.4 Å². The Hall–Kier alpha value is -1.04. The molecule has 0 aliphatic rings. The smallest absolute Gasteiger partial charge is 0.138 e. The largest absolute Gasteiger partial charge is 0.506 e. The number of rotatable bonds is 3. The van der Waals surface area contributed by atoms with E-state index in [1.807, 2.05) is 12.1 Å². The first-order valence-corrected chi connectivity index (χ1v) is 7.25. The molecule has 3 nitrogen and oxygen atoms in total. The third kappa shape index (κ3) is 3.96. The number of aromatic hydroxyl groups is 1. The summed E-state index contributed by atoms with van der Waals surface area (Å²) in [5, 5.41) is 14.5. The van der Waals surface area contributed by atoms with Gasteiger partial charge in [0.15, 0.2) is 0 Å². The van der Waals surface area contributed by atoms with Crippen LogP contribution in [0.3, 0.4) is 0 Å². The van der Waals surface area contributed by atoms with E-state index in [-0.39, 0.29) is 5.75 Å². The van der Waals surface area contributed by atoms with Crippen LogP contribution in [0, 0.1) is 0 Å². The predicted octanol–water partition coefficient (Wildman–Crippen LogP) is 5.02. The lowest BCUT2D eigenvalue weighted by molar-refractivity contribution is 0.471. The van der Waals surface area contributed by atoms with Crippen molar-refractivity contribution in [2.75, 3.05) is 5.43 Å². The molecule has 2 rings (SSSR count). The van der Waals surface area contributed by atoms with Gasteiger partial charge in [0.2, 0.25) is 0 Å². The van der Waals surface area contributed by atoms with Crippen molar-refractivity contribution in [1.29, 1.82) is 0 Å². The fourth-order valence-corrected chi connectivity index (χ4v) is 2.87. The Bertz CT molecular complexity index is 632. The molecule has 19 heavy (non-hydrogen) atoms. The Balaban J connectivity index is 2.15. The van der Waals surface area contributed by atoms with Crippen LogP contribution in [0.1, 0.15) is 5.56 Å². The molecule has 0 fully saturated rings. The maximum absolute atomic E-state index is 9.86.